The fourth-order valence-electron chi connectivity index (χ4n) is 3.45. The van der Waals surface area contributed by atoms with Crippen molar-refractivity contribution >= 4 is 23.6 Å². The average Bonchev–Trinajstić information content (AvgIpc) is 2.90. The molecule has 0 radical (unpaired) electrons. The molecule has 10 heteroatoms. The van der Waals surface area contributed by atoms with Gasteiger partial charge in [-0.2, -0.15) is 0 Å². The van der Waals surface area contributed by atoms with Crippen LogP contribution in [0.15, 0.2) is 48.5 Å². The van der Waals surface area contributed by atoms with Crippen LogP contribution in [0.3, 0.4) is 0 Å². The van der Waals surface area contributed by atoms with Crippen LogP contribution >= 0.6 is 0 Å². The number of rotatable bonds is 11. The summed E-state index contributed by atoms with van der Waals surface area (Å²) in [4.78, 5) is 47.7. The Hall–Kier alpha value is -4.08. The molecule has 40 heavy (non-hydrogen) atoms. The maximum absolute atomic E-state index is 11.9. The van der Waals surface area contributed by atoms with E-state index in [9.17, 15) is 19.2 Å². The van der Waals surface area contributed by atoms with E-state index in [1.165, 1.54) is 0 Å². The monoisotopic (exact) mass is 554 g/mol. The van der Waals surface area contributed by atoms with Gasteiger partial charge in [0.2, 0.25) is 11.8 Å². The van der Waals surface area contributed by atoms with Gasteiger partial charge in [-0.3, -0.25) is 40.9 Å². The highest BCUT2D eigenvalue weighted by atomic mass is 16.5. The number of hydrogen-bond donors (Lipinski definition) is 4. The highest BCUT2D eigenvalue weighted by Crippen LogP contribution is 2.25. The van der Waals surface area contributed by atoms with Gasteiger partial charge in [0, 0.05) is 12.8 Å². The predicted molar refractivity (Wildman–Crippen MR) is 152 cm³/mol. The number of carbonyl (C=O) groups is 4. The standard InChI is InChI=1S/C30H42N4O6/c1-29(2,3)21-11-15-23(16-12-21)39-19-27(37)33-31-25(35)9-7-8-10-26(36)32-34-28(38)20-40-24-17-13-22(14-18-24)30(4,5)6/h11-18H,7-10,19-20H2,1-6H3,(H,31,35)(H,32,36)(H,33,37)(H,34,38). The minimum absolute atomic E-state index is 0.0232. The lowest BCUT2D eigenvalue weighted by Crippen LogP contribution is -2.44. The van der Waals surface area contributed by atoms with Gasteiger partial charge in [-0.1, -0.05) is 65.8 Å². The molecule has 0 aliphatic rings. The zero-order valence-corrected chi connectivity index (χ0v) is 24.3. The van der Waals surface area contributed by atoms with E-state index in [0.717, 1.165) is 11.1 Å². The van der Waals surface area contributed by atoms with Crippen LogP contribution < -0.4 is 31.2 Å². The van der Waals surface area contributed by atoms with Crippen LogP contribution in [-0.2, 0) is 30.0 Å². The molecule has 0 saturated heterocycles. The van der Waals surface area contributed by atoms with E-state index in [-0.39, 0.29) is 48.7 Å². The number of hydrogen-bond acceptors (Lipinski definition) is 6. The fourth-order valence-corrected chi connectivity index (χ4v) is 3.45. The normalized spacial score (nSPS) is 11.2. The maximum atomic E-state index is 11.9. The van der Waals surface area contributed by atoms with Gasteiger partial charge >= 0.3 is 0 Å². The third-order valence-electron chi connectivity index (χ3n) is 5.92. The lowest BCUT2D eigenvalue weighted by molar-refractivity contribution is -0.130. The maximum Gasteiger partial charge on any atom is 0.276 e. The van der Waals surface area contributed by atoms with Gasteiger partial charge in [0.15, 0.2) is 13.2 Å². The first-order valence-electron chi connectivity index (χ1n) is 13.4. The van der Waals surface area contributed by atoms with Crippen molar-refractivity contribution in [1.82, 2.24) is 21.7 Å². The van der Waals surface area contributed by atoms with Crippen molar-refractivity contribution in [3.8, 4) is 11.5 Å². The first-order chi connectivity index (χ1) is 18.7. The molecule has 4 amide bonds. The predicted octanol–water partition coefficient (Wildman–Crippen LogP) is 3.59. The number of benzene rings is 2. The number of amides is 4. The molecule has 0 spiro atoms. The molecule has 218 valence electrons. The fraction of sp³-hybridized carbons (Fsp3) is 0.467. The van der Waals surface area contributed by atoms with E-state index in [1.54, 1.807) is 24.3 Å². The zero-order chi connectivity index (χ0) is 29.8. The van der Waals surface area contributed by atoms with E-state index < -0.39 is 11.8 Å². The van der Waals surface area contributed by atoms with Crippen molar-refractivity contribution in [2.75, 3.05) is 13.2 Å². The van der Waals surface area contributed by atoms with Gasteiger partial charge in [-0.05, 0) is 59.1 Å². The number of ether oxygens (including phenoxy) is 2. The Labute approximate surface area is 236 Å². The van der Waals surface area contributed by atoms with Crippen molar-refractivity contribution in [3.05, 3.63) is 59.7 Å². The molecule has 0 bridgehead atoms. The molecule has 10 nitrogen and oxygen atoms in total. The van der Waals surface area contributed by atoms with Crippen LogP contribution in [0, 0.1) is 0 Å². The zero-order valence-electron chi connectivity index (χ0n) is 24.3. The van der Waals surface area contributed by atoms with Gasteiger partial charge in [-0.15, -0.1) is 0 Å². The minimum atomic E-state index is -0.491. The second-order valence-electron chi connectivity index (χ2n) is 11.5. The molecule has 2 aromatic carbocycles. The number of hydrazine groups is 2. The summed E-state index contributed by atoms with van der Waals surface area (Å²) in [6.07, 6.45) is 1.09. The van der Waals surface area contributed by atoms with Crippen LogP contribution in [0.5, 0.6) is 11.5 Å². The lowest BCUT2D eigenvalue weighted by atomic mass is 9.87. The second-order valence-corrected chi connectivity index (χ2v) is 11.5. The number of unbranched alkanes of at least 4 members (excludes halogenated alkanes) is 1. The topological polar surface area (TPSA) is 135 Å². The summed E-state index contributed by atoms with van der Waals surface area (Å²) in [6.45, 7) is 12.2. The van der Waals surface area contributed by atoms with Gasteiger partial charge in [-0.25, -0.2) is 0 Å². The molecule has 0 fully saturated rings. The summed E-state index contributed by atoms with van der Waals surface area (Å²) in [5.41, 5.74) is 11.6. The first-order valence-corrected chi connectivity index (χ1v) is 13.4. The summed E-state index contributed by atoms with van der Waals surface area (Å²) >= 11 is 0. The van der Waals surface area contributed by atoms with Gasteiger partial charge in [0.05, 0.1) is 0 Å². The molecule has 0 saturated carbocycles. The lowest BCUT2D eigenvalue weighted by Gasteiger charge is -2.19. The summed E-state index contributed by atoms with van der Waals surface area (Å²) in [5, 5.41) is 0. The highest BCUT2D eigenvalue weighted by molar-refractivity contribution is 5.83. The summed E-state index contributed by atoms with van der Waals surface area (Å²) < 4.78 is 10.9. The quantitative estimate of drug-likeness (QED) is 0.248. The van der Waals surface area contributed by atoms with Gasteiger partial charge < -0.3 is 9.47 Å². The van der Waals surface area contributed by atoms with E-state index in [0.29, 0.717) is 24.3 Å². The van der Waals surface area contributed by atoms with Gasteiger partial charge in [0.1, 0.15) is 11.5 Å². The largest absolute Gasteiger partial charge is 0.484 e. The van der Waals surface area contributed by atoms with E-state index in [4.69, 9.17) is 9.47 Å². The number of nitrogens with one attached hydrogen (secondary N) is 4. The van der Waals surface area contributed by atoms with Crippen molar-refractivity contribution in [2.45, 2.75) is 78.1 Å². The molecule has 0 aliphatic carbocycles. The van der Waals surface area contributed by atoms with E-state index in [1.807, 2.05) is 24.3 Å². The van der Waals surface area contributed by atoms with E-state index >= 15 is 0 Å². The third kappa shape index (κ3) is 12.2. The van der Waals surface area contributed by atoms with Crippen molar-refractivity contribution in [3.63, 3.8) is 0 Å². The van der Waals surface area contributed by atoms with Crippen molar-refractivity contribution < 1.29 is 28.7 Å². The molecule has 2 aromatic rings. The van der Waals surface area contributed by atoms with Crippen LogP contribution in [0.4, 0.5) is 0 Å². The average molecular weight is 555 g/mol. The molecule has 2 rings (SSSR count). The Kier molecular flexibility index (Phi) is 12.0. The Bertz CT molecular complexity index is 1040. The molecular weight excluding hydrogens is 512 g/mol. The second kappa shape index (κ2) is 14.9. The molecule has 0 heterocycles. The summed E-state index contributed by atoms with van der Waals surface area (Å²) in [5.74, 6) is -0.637. The van der Waals surface area contributed by atoms with Crippen LogP contribution in [0.25, 0.3) is 0 Å². The van der Waals surface area contributed by atoms with Crippen molar-refractivity contribution in [2.24, 2.45) is 0 Å². The Morgan fingerprint density at radius 3 is 1.12 bits per heavy atom. The molecule has 4 N–H and O–H groups in total. The molecule has 0 aliphatic heterocycles. The smallest absolute Gasteiger partial charge is 0.276 e. The third-order valence-corrected chi connectivity index (χ3v) is 5.92. The van der Waals surface area contributed by atoms with E-state index in [2.05, 4.69) is 63.2 Å². The SMILES string of the molecule is CC(C)(C)c1ccc(OCC(=O)NNC(=O)CCCCC(=O)NNC(=O)COc2ccc(C(C)(C)C)cc2)cc1. The van der Waals surface area contributed by atoms with Crippen LogP contribution in [-0.4, -0.2) is 36.8 Å². The Morgan fingerprint density at radius 2 is 0.825 bits per heavy atom. The first kappa shape index (κ1) is 32.1. The van der Waals surface area contributed by atoms with Crippen molar-refractivity contribution in [1.29, 1.82) is 0 Å². The summed E-state index contributed by atoms with van der Waals surface area (Å²) in [7, 11) is 0. The van der Waals surface area contributed by atoms with Crippen LogP contribution in [0.1, 0.15) is 78.4 Å². The molecule has 0 aromatic heterocycles. The molecule has 0 atom stereocenters. The summed E-state index contributed by atoms with van der Waals surface area (Å²) in [6, 6.07) is 15.0. The Balaban J connectivity index is 1.52. The highest BCUT2D eigenvalue weighted by Gasteiger charge is 2.14. The van der Waals surface area contributed by atoms with Gasteiger partial charge in [0.25, 0.3) is 11.8 Å². The number of carbonyl (C=O) groups excluding carboxylic acids is 4. The Morgan fingerprint density at radius 1 is 0.525 bits per heavy atom. The molecule has 0 unspecified atom stereocenters. The minimum Gasteiger partial charge on any atom is -0.484 e. The molecular formula is C30H42N4O6. The van der Waals surface area contributed by atoms with Crippen LogP contribution in [0.2, 0.25) is 0 Å².